The van der Waals surface area contributed by atoms with E-state index in [4.69, 9.17) is 0 Å². The van der Waals surface area contributed by atoms with Gasteiger partial charge in [-0.15, -0.1) is 0 Å². The lowest BCUT2D eigenvalue weighted by atomic mass is 10.1. The second-order valence-electron chi connectivity index (χ2n) is 6.89. The number of imidazole rings is 1. The van der Waals surface area contributed by atoms with Gasteiger partial charge in [0.25, 0.3) is 0 Å². The van der Waals surface area contributed by atoms with Crippen LogP contribution in [0.5, 0.6) is 0 Å². The number of aromatic nitrogens is 2. The van der Waals surface area contributed by atoms with Gasteiger partial charge in [0.05, 0.1) is 12.6 Å². The zero-order valence-electron chi connectivity index (χ0n) is 14.7. The number of piperazine rings is 1. The van der Waals surface area contributed by atoms with Crippen LogP contribution in [0, 0.1) is 0 Å². The summed E-state index contributed by atoms with van der Waals surface area (Å²) < 4.78 is 2.24. The standard InChI is InChI=1S/C19H28N4O/c1-16-12-21(10-11-22(16)13-17(2)24)15-19-20-8-9-23(19)14-18-6-4-3-5-7-18/h3-9,16-17,24H,10-15H2,1-2H3/t16-,17+/m0/s1. The summed E-state index contributed by atoms with van der Waals surface area (Å²) in [7, 11) is 0. The van der Waals surface area contributed by atoms with Crippen molar-refractivity contribution >= 4 is 0 Å². The van der Waals surface area contributed by atoms with Gasteiger partial charge < -0.3 is 9.67 Å². The Morgan fingerprint density at radius 2 is 2.00 bits per heavy atom. The van der Waals surface area contributed by atoms with Crippen molar-refractivity contribution < 1.29 is 5.11 Å². The lowest BCUT2D eigenvalue weighted by Gasteiger charge is -2.40. The van der Waals surface area contributed by atoms with E-state index < -0.39 is 0 Å². The first-order valence-corrected chi connectivity index (χ1v) is 8.80. The lowest BCUT2D eigenvalue weighted by Crippen LogP contribution is -2.53. The second-order valence-corrected chi connectivity index (χ2v) is 6.89. The molecule has 0 radical (unpaired) electrons. The molecule has 5 nitrogen and oxygen atoms in total. The van der Waals surface area contributed by atoms with Crippen molar-refractivity contribution in [3.63, 3.8) is 0 Å². The van der Waals surface area contributed by atoms with Gasteiger partial charge >= 0.3 is 0 Å². The highest BCUT2D eigenvalue weighted by atomic mass is 16.3. The highest BCUT2D eigenvalue weighted by Gasteiger charge is 2.25. The Hall–Kier alpha value is -1.69. The zero-order chi connectivity index (χ0) is 16.9. The summed E-state index contributed by atoms with van der Waals surface area (Å²) in [5.74, 6) is 1.12. The largest absolute Gasteiger partial charge is 0.392 e. The van der Waals surface area contributed by atoms with Gasteiger partial charge in [0.15, 0.2) is 0 Å². The highest BCUT2D eigenvalue weighted by Crippen LogP contribution is 2.14. The third-order valence-corrected chi connectivity index (χ3v) is 4.71. The maximum absolute atomic E-state index is 9.60. The number of aliphatic hydroxyl groups is 1. The first-order valence-electron chi connectivity index (χ1n) is 8.80. The van der Waals surface area contributed by atoms with E-state index in [9.17, 15) is 5.11 Å². The molecule has 0 bridgehead atoms. The van der Waals surface area contributed by atoms with Crippen LogP contribution in [0.25, 0.3) is 0 Å². The molecular weight excluding hydrogens is 300 g/mol. The van der Waals surface area contributed by atoms with Crippen LogP contribution in [0.2, 0.25) is 0 Å². The first-order chi connectivity index (χ1) is 11.6. The third kappa shape index (κ3) is 4.44. The molecule has 1 saturated heterocycles. The molecule has 0 saturated carbocycles. The molecule has 5 heteroatoms. The smallest absolute Gasteiger partial charge is 0.123 e. The molecule has 2 aromatic rings. The summed E-state index contributed by atoms with van der Waals surface area (Å²) in [4.78, 5) is 9.40. The molecule has 1 fully saturated rings. The Bertz CT molecular complexity index is 625. The van der Waals surface area contributed by atoms with Gasteiger partial charge in [0.2, 0.25) is 0 Å². The zero-order valence-corrected chi connectivity index (χ0v) is 14.7. The van der Waals surface area contributed by atoms with Crippen molar-refractivity contribution in [3.8, 4) is 0 Å². The Morgan fingerprint density at radius 1 is 1.21 bits per heavy atom. The van der Waals surface area contributed by atoms with E-state index in [1.807, 2.05) is 19.2 Å². The molecule has 2 heterocycles. The van der Waals surface area contributed by atoms with Crippen molar-refractivity contribution in [1.82, 2.24) is 19.4 Å². The summed E-state index contributed by atoms with van der Waals surface area (Å²) in [5, 5.41) is 9.60. The van der Waals surface area contributed by atoms with Crippen molar-refractivity contribution in [2.45, 2.75) is 39.1 Å². The third-order valence-electron chi connectivity index (χ3n) is 4.71. The molecule has 1 aliphatic heterocycles. The van der Waals surface area contributed by atoms with Crippen LogP contribution in [0.15, 0.2) is 42.7 Å². The van der Waals surface area contributed by atoms with Crippen LogP contribution < -0.4 is 0 Å². The van der Waals surface area contributed by atoms with Crippen molar-refractivity contribution in [2.24, 2.45) is 0 Å². The average Bonchev–Trinajstić information content (AvgIpc) is 2.98. The molecule has 1 aromatic carbocycles. The summed E-state index contributed by atoms with van der Waals surface area (Å²) >= 11 is 0. The van der Waals surface area contributed by atoms with E-state index in [0.29, 0.717) is 6.04 Å². The second kappa shape index (κ2) is 7.92. The molecule has 0 unspecified atom stereocenters. The minimum atomic E-state index is -0.260. The number of rotatable bonds is 6. The molecule has 0 amide bonds. The lowest BCUT2D eigenvalue weighted by molar-refractivity contribution is 0.0410. The molecule has 130 valence electrons. The quantitative estimate of drug-likeness (QED) is 0.878. The Labute approximate surface area is 144 Å². The molecule has 1 aliphatic rings. The maximum Gasteiger partial charge on any atom is 0.123 e. The summed E-state index contributed by atoms with van der Waals surface area (Å²) in [6.07, 6.45) is 3.70. The minimum Gasteiger partial charge on any atom is -0.392 e. The molecule has 0 aliphatic carbocycles. The fourth-order valence-corrected chi connectivity index (χ4v) is 3.44. The predicted octanol–water partition coefficient (Wildman–Crippen LogP) is 1.82. The van der Waals surface area contributed by atoms with Crippen LogP contribution in [0.3, 0.4) is 0 Å². The molecule has 0 spiro atoms. The van der Waals surface area contributed by atoms with E-state index in [1.165, 1.54) is 5.56 Å². The van der Waals surface area contributed by atoms with Gasteiger partial charge in [-0.25, -0.2) is 4.98 Å². The number of hydrogen-bond donors (Lipinski definition) is 1. The number of β-amino-alcohol motifs (C(OH)–C–C–N with tert-alkyl or cyclic N) is 1. The van der Waals surface area contributed by atoms with Gasteiger partial charge in [-0.05, 0) is 19.4 Å². The first kappa shape index (κ1) is 17.1. The summed E-state index contributed by atoms with van der Waals surface area (Å²) in [6, 6.07) is 11.0. The van der Waals surface area contributed by atoms with Crippen molar-refractivity contribution in [2.75, 3.05) is 26.2 Å². The van der Waals surface area contributed by atoms with Gasteiger partial charge in [0, 0.05) is 51.2 Å². The van der Waals surface area contributed by atoms with Crippen LogP contribution in [-0.4, -0.2) is 62.8 Å². The fourth-order valence-electron chi connectivity index (χ4n) is 3.44. The maximum atomic E-state index is 9.60. The topological polar surface area (TPSA) is 44.5 Å². The number of nitrogens with zero attached hydrogens (tertiary/aromatic N) is 4. The van der Waals surface area contributed by atoms with Crippen molar-refractivity contribution in [3.05, 3.63) is 54.1 Å². The normalized spacial score (nSPS) is 21.0. The van der Waals surface area contributed by atoms with Gasteiger partial charge in [0.1, 0.15) is 5.82 Å². The number of aliphatic hydroxyl groups excluding tert-OH is 1. The highest BCUT2D eigenvalue weighted by molar-refractivity contribution is 5.15. The molecular formula is C19H28N4O. The van der Waals surface area contributed by atoms with Crippen molar-refractivity contribution in [1.29, 1.82) is 0 Å². The monoisotopic (exact) mass is 328 g/mol. The molecule has 24 heavy (non-hydrogen) atoms. The molecule has 1 aromatic heterocycles. The fraction of sp³-hybridized carbons (Fsp3) is 0.526. The minimum absolute atomic E-state index is 0.260. The van der Waals surface area contributed by atoms with Gasteiger partial charge in [-0.1, -0.05) is 30.3 Å². The number of benzene rings is 1. The number of hydrogen-bond acceptors (Lipinski definition) is 4. The molecule has 1 N–H and O–H groups in total. The van der Waals surface area contributed by atoms with Crippen LogP contribution in [0.4, 0.5) is 0 Å². The van der Waals surface area contributed by atoms with Crippen LogP contribution >= 0.6 is 0 Å². The molecule has 3 rings (SSSR count). The van der Waals surface area contributed by atoms with Crippen LogP contribution in [0.1, 0.15) is 25.2 Å². The van der Waals surface area contributed by atoms with E-state index in [2.05, 4.69) is 56.7 Å². The van der Waals surface area contributed by atoms with E-state index in [-0.39, 0.29) is 6.10 Å². The van der Waals surface area contributed by atoms with Gasteiger partial charge in [-0.3, -0.25) is 9.80 Å². The Balaban J connectivity index is 1.59. The Kier molecular flexibility index (Phi) is 5.66. The Morgan fingerprint density at radius 3 is 2.71 bits per heavy atom. The average molecular weight is 328 g/mol. The summed E-state index contributed by atoms with van der Waals surface area (Å²) in [6.45, 7) is 9.66. The SMILES string of the molecule is C[C@@H](O)CN1CCN(Cc2nccn2Cc2ccccc2)C[C@@H]1C. The molecule has 2 atom stereocenters. The van der Waals surface area contributed by atoms with Crippen LogP contribution in [-0.2, 0) is 13.1 Å². The predicted molar refractivity (Wildman–Crippen MR) is 95.8 cm³/mol. The van der Waals surface area contributed by atoms with E-state index >= 15 is 0 Å². The summed E-state index contributed by atoms with van der Waals surface area (Å²) in [5.41, 5.74) is 1.30. The van der Waals surface area contributed by atoms with Gasteiger partial charge in [-0.2, -0.15) is 0 Å². The van der Waals surface area contributed by atoms with E-state index in [0.717, 1.165) is 45.1 Å². The van der Waals surface area contributed by atoms with E-state index in [1.54, 1.807) is 0 Å².